The summed E-state index contributed by atoms with van der Waals surface area (Å²) in [5.41, 5.74) is 1.18. The Morgan fingerprint density at radius 2 is 1.66 bits per heavy atom. The van der Waals surface area contributed by atoms with Gasteiger partial charge >= 0.3 is 26.0 Å². The van der Waals surface area contributed by atoms with Crippen LogP contribution in [0.15, 0.2) is 58.3 Å². The van der Waals surface area contributed by atoms with Crippen molar-refractivity contribution in [1.29, 1.82) is 0 Å². The maximum atomic E-state index is 14.3. The van der Waals surface area contributed by atoms with E-state index < -0.39 is 40.7 Å². The number of nitrogens with zero attached hydrogens (tertiary/aromatic N) is 1. The molecule has 1 aliphatic heterocycles. The summed E-state index contributed by atoms with van der Waals surface area (Å²) in [6.07, 6.45) is 1.57. The first-order chi connectivity index (χ1) is 15.0. The highest BCUT2D eigenvalue weighted by atomic mass is 32.3. The van der Waals surface area contributed by atoms with E-state index in [1.807, 2.05) is 6.92 Å². The third kappa shape index (κ3) is 3.76. The number of aliphatic carboxylic acids is 1. The third-order valence-corrected chi connectivity index (χ3v) is 13.1. The fourth-order valence-electron chi connectivity index (χ4n) is 4.13. The molecule has 0 bridgehead atoms. The van der Waals surface area contributed by atoms with Gasteiger partial charge in [0, 0.05) is 6.42 Å². The summed E-state index contributed by atoms with van der Waals surface area (Å²) in [7, 11) is -9.34. The number of carboxylic acid groups (broad SMARTS) is 1. The van der Waals surface area contributed by atoms with Gasteiger partial charge in [-0.1, -0.05) is 64.3 Å². The van der Waals surface area contributed by atoms with E-state index in [1.165, 1.54) is 24.3 Å². The lowest BCUT2D eigenvalue weighted by Crippen LogP contribution is -2.65. The van der Waals surface area contributed by atoms with Gasteiger partial charge in [0.1, 0.15) is 9.79 Å². The standard InChI is InChI=1S/C22H27NO6S3/c1-4-5-10-21-23(19(15-30-21)22(24)25,31(26,27)18-13-11-16(2)12-14-18)32(28,29)20-9-7-6-8-17(20)3/h6-9,11-14,19,21H,4-5,10,15H2,1-3H3/p+1. The highest BCUT2D eigenvalue weighted by molar-refractivity contribution is 8.03. The first-order valence-corrected chi connectivity index (χ1v) is 14.3. The Hall–Kier alpha value is -1.88. The normalized spacial score (nSPS) is 23.8. The lowest BCUT2D eigenvalue weighted by Gasteiger charge is -2.38. The predicted octanol–water partition coefficient (Wildman–Crippen LogP) is 3.91. The summed E-state index contributed by atoms with van der Waals surface area (Å²) in [4.78, 5) is 12.0. The van der Waals surface area contributed by atoms with Crippen molar-refractivity contribution in [2.24, 2.45) is 0 Å². The van der Waals surface area contributed by atoms with Crippen LogP contribution in [0, 0.1) is 13.8 Å². The molecule has 0 amide bonds. The van der Waals surface area contributed by atoms with Crippen molar-refractivity contribution in [3.8, 4) is 0 Å². The van der Waals surface area contributed by atoms with Gasteiger partial charge in [-0.2, -0.15) is 16.8 Å². The Morgan fingerprint density at radius 1 is 1.03 bits per heavy atom. The first kappa shape index (κ1) is 24.8. The predicted molar refractivity (Wildman–Crippen MR) is 124 cm³/mol. The van der Waals surface area contributed by atoms with E-state index >= 15 is 0 Å². The van der Waals surface area contributed by atoms with Gasteiger partial charge in [-0.3, -0.25) is 0 Å². The second-order valence-electron chi connectivity index (χ2n) is 7.96. The Labute approximate surface area is 194 Å². The van der Waals surface area contributed by atoms with Crippen LogP contribution in [0.1, 0.15) is 37.3 Å². The SMILES string of the molecule is CCCCC1SCC(C(=O)O)[N+]1(S(=O)(=O)c1ccc(C)cc1)S(=O)(=O)c1ccccc1C. The summed E-state index contributed by atoms with van der Waals surface area (Å²) in [6.45, 7) is 5.30. The maximum absolute atomic E-state index is 14.3. The quantitative estimate of drug-likeness (QED) is 0.550. The molecule has 1 fully saturated rings. The monoisotopic (exact) mass is 498 g/mol. The Morgan fingerprint density at radius 3 is 2.22 bits per heavy atom. The van der Waals surface area contributed by atoms with Gasteiger partial charge in [0.25, 0.3) is 0 Å². The van der Waals surface area contributed by atoms with E-state index in [0.717, 1.165) is 23.7 Å². The molecule has 3 unspecified atom stereocenters. The zero-order chi connectivity index (χ0) is 23.7. The van der Waals surface area contributed by atoms with E-state index in [2.05, 4.69) is 0 Å². The van der Waals surface area contributed by atoms with Gasteiger partial charge in [-0.15, -0.1) is 0 Å². The summed E-state index contributed by atoms with van der Waals surface area (Å²) in [5.74, 6) is -1.55. The minimum Gasteiger partial charge on any atom is -0.477 e. The van der Waals surface area contributed by atoms with Crippen LogP contribution >= 0.6 is 11.8 Å². The number of quaternary nitrogens is 1. The van der Waals surface area contributed by atoms with Crippen molar-refractivity contribution in [1.82, 2.24) is 0 Å². The minimum absolute atomic E-state index is 0.111. The molecule has 0 spiro atoms. The molecular formula is C22H28NO6S3+. The van der Waals surface area contributed by atoms with E-state index in [-0.39, 0.29) is 22.0 Å². The number of unbranched alkanes of at least 4 members (excludes halogenated alkanes) is 1. The number of thioether (sulfide) groups is 1. The van der Waals surface area contributed by atoms with E-state index in [9.17, 15) is 26.7 Å². The summed E-state index contributed by atoms with van der Waals surface area (Å²) >= 11 is 1.11. The fourth-order valence-corrected chi connectivity index (χ4v) is 12.0. The van der Waals surface area contributed by atoms with Gasteiger partial charge < -0.3 is 5.11 Å². The van der Waals surface area contributed by atoms with Gasteiger partial charge in [-0.05, 0) is 44.0 Å². The number of benzene rings is 2. The van der Waals surface area contributed by atoms with E-state index in [0.29, 0.717) is 12.0 Å². The first-order valence-electron chi connectivity index (χ1n) is 10.4. The van der Waals surface area contributed by atoms with Crippen LogP contribution in [-0.2, 0) is 24.8 Å². The number of hydrogen-bond acceptors (Lipinski definition) is 6. The van der Waals surface area contributed by atoms with E-state index in [1.54, 1.807) is 38.1 Å². The molecule has 0 aromatic heterocycles. The molecule has 1 heterocycles. The molecule has 3 atom stereocenters. The van der Waals surface area contributed by atoms with Crippen LogP contribution in [0.25, 0.3) is 0 Å². The maximum Gasteiger partial charge on any atom is 0.365 e. The highest BCUT2D eigenvalue weighted by Crippen LogP contribution is 2.50. The molecule has 2 aromatic rings. The lowest BCUT2D eigenvalue weighted by molar-refractivity contribution is -0.697. The molecule has 174 valence electrons. The molecule has 1 N–H and O–H groups in total. The largest absolute Gasteiger partial charge is 0.477 e. The Kier molecular flexibility index (Phi) is 7.09. The third-order valence-electron chi connectivity index (χ3n) is 5.81. The summed E-state index contributed by atoms with van der Waals surface area (Å²) in [6, 6.07) is 10.4. The van der Waals surface area contributed by atoms with Crippen molar-refractivity contribution < 1.29 is 30.0 Å². The molecule has 7 nitrogen and oxygen atoms in total. The smallest absolute Gasteiger partial charge is 0.365 e. The van der Waals surface area contributed by atoms with Gasteiger partial charge in [0.05, 0.1) is 5.75 Å². The Bertz CT molecular complexity index is 1210. The van der Waals surface area contributed by atoms with Crippen molar-refractivity contribution in [3.05, 3.63) is 59.7 Å². The van der Waals surface area contributed by atoms with E-state index in [4.69, 9.17) is 0 Å². The molecular weight excluding hydrogens is 470 g/mol. The second-order valence-corrected chi connectivity index (χ2v) is 13.4. The van der Waals surface area contributed by atoms with Crippen molar-refractivity contribution in [2.75, 3.05) is 5.75 Å². The zero-order valence-electron chi connectivity index (χ0n) is 18.3. The minimum atomic E-state index is -4.67. The average molecular weight is 499 g/mol. The van der Waals surface area contributed by atoms with Crippen LogP contribution in [-0.4, -0.2) is 48.4 Å². The molecule has 1 saturated heterocycles. The fraction of sp³-hybridized carbons (Fsp3) is 0.409. The van der Waals surface area contributed by atoms with Crippen LogP contribution < -0.4 is 0 Å². The number of carboxylic acids is 1. The number of aryl methyl sites for hydroxylation is 2. The van der Waals surface area contributed by atoms with Crippen molar-refractivity contribution in [3.63, 3.8) is 0 Å². The number of carbonyl (C=O) groups is 1. The number of hydrogen-bond donors (Lipinski definition) is 1. The molecule has 0 radical (unpaired) electrons. The van der Waals surface area contributed by atoms with Crippen LogP contribution in [0.3, 0.4) is 0 Å². The number of sulfonamides is 2. The summed E-state index contributed by atoms with van der Waals surface area (Å²) in [5, 5.41) is 9.10. The lowest BCUT2D eigenvalue weighted by atomic mass is 10.2. The molecule has 10 heteroatoms. The van der Waals surface area contributed by atoms with Crippen molar-refractivity contribution >= 4 is 37.8 Å². The van der Waals surface area contributed by atoms with Crippen LogP contribution in [0.2, 0.25) is 0 Å². The molecule has 1 aliphatic rings. The van der Waals surface area contributed by atoms with Crippen LogP contribution in [0.4, 0.5) is 0 Å². The second kappa shape index (κ2) is 9.17. The van der Waals surface area contributed by atoms with Crippen LogP contribution in [0.5, 0.6) is 0 Å². The highest BCUT2D eigenvalue weighted by Gasteiger charge is 2.70. The summed E-state index contributed by atoms with van der Waals surface area (Å²) < 4.78 is 55.4. The zero-order valence-corrected chi connectivity index (χ0v) is 20.7. The number of rotatable bonds is 8. The molecule has 0 aliphatic carbocycles. The average Bonchev–Trinajstić information content (AvgIpc) is 3.14. The molecule has 0 saturated carbocycles. The molecule has 32 heavy (non-hydrogen) atoms. The Balaban J connectivity index is 2.43. The topological polar surface area (TPSA) is 106 Å². The van der Waals surface area contributed by atoms with Gasteiger partial charge in [-0.25, -0.2) is 4.79 Å². The molecule has 3 rings (SSSR count). The molecule has 2 aromatic carbocycles. The van der Waals surface area contributed by atoms with Gasteiger partial charge in [0.15, 0.2) is 5.37 Å². The van der Waals surface area contributed by atoms with Gasteiger partial charge in [0.2, 0.25) is 6.04 Å². The van der Waals surface area contributed by atoms with Crippen molar-refractivity contribution in [2.45, 2.75) is 61.2 Å².